The molecule has 83 heavy (non-hydrogen) atoms. The maximum Gasteiger partial charge on any atom is 0.221 e. The highest BCUT2D eigenvalue weighted by Gasteiger charge is 2.38. The number of ketones is 3. The fraction of sp³-hybridized carbons (Fsp3) is 0.273. The van der Waals surface area contributed by atoms with E-state index in [2.05, 4.69) is 47.0 Å². The van der Waals surface area contributed by atoms with Crippen LogP contribution in [0.5, 0.6) is 0 Å². The maximum atomic E-state index is 13.7. The van der Waals surface area contributed by atoms with Gasteiger partial charge in [-0.15, -0.1) is 0 Å². The van der Waals surface area contributed by atoms with Gasteiger partial charge in [0.05, 0.1) is 24.1 Å². The highest BCUT2D eigenvalue weighted by Crippen LogP contribution is 2.40. The Labute approximate surface area is 568 Å². The van der Waals surface area contributed by atoms with E-state index >= 15 is 0 Å². The number of Topliss-reactive ketones (excluding diaryl/α,β-unsaturated/α-hetero) is 3. The minimum absolute atomic E-state index is 0.0326. The summed E-state index contributed by atoms with van der Waals surface area (Å²) in [5.74, 6) is -2.14. The van der Waals surface area contributed by atoms with Crippen molar-refractivity contribution in [1.82, 2.24) is 20.2 Å². The summed E-state index contributed by atoms with van der Waals surface area (Å²) in [5.41, 5.74) is 3.39. The molecule has 0 bridgehead atoms. The minimum Gasteiger partial charge on any atom is -0.346 e. The molecule has 0 saturated carbocycles. The Bertz CT molecular complexity index is 4160. The summed E-state index contributed by atoms with van der Waals surface area (Å²) in [4.78, 5) is 68.9. The van der Waals surface area contributed by atoms with Gasteiger partial charge in [-0.05, 0) is 47.7 Å². The number of rotatable bonds is 19. The lowest BCUT2D eigenvalue weighted by molar-refractivity contribution is -0.130. The molecule has 2 N–H and O–H groups in total. The summed E-state index contributed by atoms with van der Waals surface area (Å²) in [6.45, 7) is 3.08. The lowest BCUT2D eigenvalue weighted by Gasteiger charge is -2.37. The number of imidazole rings is 1. The molecule has 0 aliphatic carbocycles. The standard InChI is InChI=1S/C44H45FN4O5.S29/c1-3-42(53)47-39(41(52)25-26-43(54)48-38(40(51)24-19-31(2)50)27-32-20-22-36(45)23-21-32)28-37-29-49(30-46-37)44(33-13-7-4-8-14-33,34-15-9-5-10-16-34)35-17-11-6-12-18-35;1-3-5-7-9-11-13-15-17-19-21-23-25-27-29-28-26-24-22-20-18-16-14-12-10-8-6-4-2/h4-18,20-23,29-30,38-39H,3,19,24-28H2,1-2H3,(H,47,53)(H,48,54);/t38-,39-;/m0./s1. The van der Waals surface area contributed by atoms with E-state index in [4.69, 9.17) is 27.4 Å². The Hall–Kier alpha value is 0.350. The van der Waals surface area contributed by atoms with Gasteiger partial charge in [-0.1, -0.05) is 110 Å². The van der Waals surface area contributed by atoms with Gasteiger partial charge in [-0.3, -0.25) is 19.2 Å². The van der Waals surface area contributed by atoms with Crippen molar-refractivity contribution in [2.45, 2.75) is 76.4 Å². The molecular weight excluding hydrogens is 1610 g/mol. The van der Waals surface area contributed by atoms with Gasteiger partial charge in [0.15, 0.2) is 11.6 Å². The first-order valence-corrected chi connectivity index (χ1v) is 60.2. The van der Waals surface area contributed by atoms with Crippen LogP contribution in [0.25, 0.3) is 0 Å². The second-order valence-electron chi connectivity index (χ2n) is 15.2. The number of aromatic nitrogens is 2. The number of hydrogen-bond acceptors (Lipinski definition) is 8. The fourth-order valence-corrected chi connectivity index (χ4v) is 75.5. The first kappa shape index (κ1) is 75.8. The number of carbonyl (C=O) groups is 5. The smallest absolute Gasteiger partial charge is 0.221 e. The third-order valence-electron chi connectivity index (χ3n) is 10.2. The van der Waals surface area contributed by atoms with Crippen molar-refractivity contribution in [2.24, 2.45) is 0 Å². The number of nitrogens with one attached hydrogen (secondary N) is 2. The summed E-state index contributed by atoms with van der Waals surface area (Å²) in [7, 11) is 47.3. The van der Waals surface area contributed by atoms with Gasteiger partial charge in [-0.2, -0.15) is 0 Å². The number of halogens is 1. The Morgan fingerprint density at radius 1 is 0.482 bits per heavy atom. The van der Waals surface area contributed by atoms with Crippen molar-refractivity contribution in [1.29, 1.82) is 0 Å². The first-order valence-electron chi connectivity index (χ1n) is 22.8. The lowest BCUT2D eigenvalue weighted by atomic mass is 9.77. The summed E-state index contributed by atoms with van der Waals surface area (Å²) < 4.78 is 15.5. The molecule has 4 aromatic carbocycles. The molecule has 2 amide bonds. The molecule has 0 radical (unpaired) electrons. The zero-order valence-corrected chi connectivity index (χ0v) is 66.1. The zero-order chi connectivity index (χ0) is 59.6. The minimum atomic E-state index is -0.962. The molecule has 0 aliphatic rings. The second kappa shape index (κ2) is 48.2. The maximum absolute atomic E-state index is 13.7. The van der Waals surface area contributed by atoms with Gasteiger partial charge < -0.3 is 20.0 Å². The summed E-state index contributed by atoms with van der Waals surface area (Å²) >= 11 is 9.57. The van der Waals surface area contributed by atoms with Crippen molar-refractivity contribution in [3.8, 4) is 0 Å². The van der Waals surface area contributed by atoms with Gasteiger partial charge in [0.1, 0.15) is 17.1 Å². The molecule has 0 saturated heterocycles. The first-order chi connectivity index (χ1) is 40.5. The van der Waals surface area contributed by atoms with E-state index in [1.807, 2.05) is 163 Å². The zero-order valence-electron chi connectivity index (χ0n) is 42.4. The topological polar surface area (TPSA) is 127 Å². The van der Waals surface area contributed by atoms with Gasteiger partial charge in [0, 0.05) is 307 Å². The average molecular weight is 1660 g/mol. The van der Waals surface area contributed by atoms with E-state index in [9.17, 15) is 28.4 Å². The summed E-state index contributed by atoms with van der Waals surface area (Å²) in [5, 5.41) is 5.54. The van der Waals surface area contributed by atoms with Crippen LogP contribution in [0.15, 0.2) is 128 Å². The highest BCUT2D eigenvalue weighted by atomic mass is 33.5. The van der Waals surface area contributed by atoms with E-state index in [-0.39, 0.29) is 68.2 Å². The second-order valence-corrected chi connectivity index (χ2v) is 62.9. The Morgan fingerprint density at radius 3 is 1.19 bits per heavy atom. The fourth-order valence-electron chi connectivity index (χ4n) is 6.92. The van der Waals surface area contributed by atoms with Crippen LogP contribution in [0.4, 0.5) is 4.39 Å². The summed E-state index contributed by atoms with van der Waals surface area (Å²) in [6, 6.07) is 33.9. The quantitative estimate of drug-likeness (QED) is 0.0932. The number of nitrogens with zero attached hydrogens (tertiary/aromatic N) is 2. The van der Waals surface area contributed by atoms with E-state index in [0.29, 0.717) is 11.3 Å². The molecule has 0 spiro atoms. The molecule has 9 nitrogen and oxygen atoms in total. The van der Waals surface area contributed by atoms with Gasteiger partial charge in [-0.25, -0.2) is 9.37 Å². The number of benzene rings is 4. The van der Waals surface area contributed by atoms with E-state index in [1.165, 1.54) is 49.0 Å². The molecule has 2 atom stereocenters. The van der Waals surface area contributed by atoms with Gasteiger partial charge >= 0.3 is 0 Å². The highest BCUT2D eigenvalue weighted by molar-refractivity contribution is 8.79. The molecule has 0 aliphatic heterocycles. The van der Waals surface area contributed by atoms with E-state index in [1.54, 1.807) is 138 Å². The van der Waals surface area contributed by atoms with Crippen LogP contribution >= 0.6 is 0 Å². The van der Waals surface area contributed by atoms with E-state index < -0.39 is 29.3 Å². The van der Waals surface area contributed by atoms with Crippen molar-refractivity contribution in [2.75, 3.05) is 0 Å². The van der Waals surface area contributed by atoms with Gasteiger partial charge in [0.25, 0.3) is 0 Å². The number of carbonyl (C=O) groups excluding carboxylic acids is 5. The van der Waals surface area contributed by atoms with Crippen LogP contribution in [0, 0.1) is 5.82 Å². The van der Waals surface area contributed by atoms with Gasteiger partial charge in [0.2, 0.25) is 11.8 Å². The third kappa shape index (κ3) is 31.8. The summed E-state index contributed by atoms with van der Waals surface area (Å²) in [6.07, 6.45) is 3.52. The average Bonchev–Trinajstić information content (AvgIpc) is 3.31. The molecule has 1 heterocycles. The largest absolute Gasteiger partial charge is 0.346 e. The van der Waals surface area contributed by atoms with Crippen molar-refractivity contribution in [3.63, 3.8) is 0 Å². The van der Waals surface area contributed by atoms with Crippen molar-refractivity contribution < 1.29 is 28.4 Å². The van der Waals surface area contributed by atoms with Crippen molar-refractivity contribution >= 4 is 291 Å². The molecule has 1 aromatic heterocycles. The monoisotopic (exact) mass is 1660 g/mol. The van der Waals surface area contributed by atoms with Crippen LogP contribution in [0.1, 0.15) is 73.9 Å². The predicted octanol–water partition coefficient (Wildman–Crippen LogP) is 6.25. The number of amides is 2. The lowest BCUT2D eigenvalue weighted by Crippen LogP contribution is -2.44. The van der Waals surface area contributed by atoms with E-state index in [0.717, 1.165) is 16.7 Å². The molecule has 0 fully saturated rings. The Morgan fingerprint density at radius 2 is 0.831 bits per heavy atom. The Kier molecular flexibility index (Phi) is 44.0. The van der Waals surface area contributed by atoms with Crippen LogP contribution < -0.4 is 10.6 Å². The molecule has 39 heteroatoms. The van der Waals surface area contributed by atoms with Crippen LogP contribution in [0.2, 0.25) is 0 Å². The molecular formula is C44H45FN4O5S29. The molecule has 5 rings (SSSR count). The van der Waals surface area contributed by atoms with Crippen LogP contribution in [-0.4, -0.2) is 50.8 Å². The molecule has 452 valence electrons. The predicted molar refractivity (Wildman–Crippen MR) is 418 cm³/mol. The molecule has 0 unspecified atom stereocenters. The van der Waals surface area contributed by atoms with Crippen molar-refractivity contribution in [3.05, 3.63) is 162 Å². The molecule has 5 aromatic rings. The number of hydrogen-bond donors (Lipinski definition) is 2. The third-order valence-corrected chi connectivity index (χ3v) is 68.0. The normalized spacial score (nSPS) is 10.7. The van der Waals surface area contributed by atoms with Crippen LogP contribution in [0.3, 0.4) is 0 Å². The Balaban J connectivity index is 0.000000433. The van der Waals surface area contributed by atoms with Crippen LogP contribution in [-0.2, 0) is 305 Å². The SMILES string of the molecule is CCC(=O)N[C@@H](Cc1cn(C(c2ccccc2)(c2ccccc2)c2ccccc2)cn1)C(=O)CCC(=O)N[C@@H](Cc1ccc(F)cc1)C(=O)CCC(C)=O.S=S=S=S=S=S=S=S=S=S=S=S=S=S=S=S=S=S=S=S=S=S=S=S=S=S=S=S=S.